The lowest BCUT2D eigenvalue weighted by molar-refractivity contribution is 0.628. The summed E-state index contributed by atoms with van der Waals surface area (Å²) in [5.74, 6) is 0.0670. The Hall–Kier alpha value is -2.48. The van der Waals surface area contributed by atoms with Crippen molar-refractivity contribution in [1.29, 1.82) is 5.26 Å². The third-order valence-electron chi connectivity index (χ3n) is 2.30. The van der Waals surface area contributed by atoms with Gasteiger partial charge in [-0.15, -0.1) is 0 Å². The molecule has 0 radical (unpaired) electrons. The lowest BCUT2D eigenvalue weighted by atomic mass is 10.3. The number of nitriles is 1. The molecule has 0 N–H and O–H groups in total. The summed E-state index contributed by atoms with van der Waals surface area (Å²) in [7, 11) is 1.71. The molecule has 17 heavy (non-hydrogen) atoms. The summed E-state index contributed by atoms with van der Waals surface area (Å²) in [4.78, 5) is 9.60. The van der Waals surface area contributed by atoms with Crippen molar-refractivity contribution < 1.29 is 4.39 Å². The first-order valence-corrected chi connectivity index (χ1v) is 4.93. The standard InChI is InChI=1S/C12H9FN4/c1-17(10-4-2-3-9(13)7-10)12-11(8-14)15-5-6-16-12/h2-7H,1H3. The van der Waals surface area contributed by atoms with Crippen LogP contribution in [0.25, 0.3) is 0 Å². The molecule has 0 spiro atoms. The molecule has 0 amide bonds. The van der Waals surface area contributed by atoms with E-state index in [2.05, 4.69) is 9.97 Å². The van der Waals surface area contributed by atoms with Gasteiger partial charge in [-0.3, -0.25) is 0 Å². The highest BCUT2D eigenvalue weighted by atomic mass is 19.1. The maximum absolute atomic E-state index is 13.1. The van der Waals surface area contributed by atoms with Gasteiger partial charge >= 0.3 is 0 Å². The molecule has 4 nitrogen and oxygen atoms in total. The summed E-state index contributed by atoms with van der Waals surface area (Å²) in [6, 6.07) is 8.02. The average molecular weight is 228 g/mol. The highest BCUT2D eigenvalue weighted by Gasteiger charge is 2.11. The predicted molar refractivity (Wildman–Crippen MR) is 61.2 cm³/mol. The van der Waals surface area contributed by atoms with Crippen molar-refractivity contribution in [2.75, 3.05) is 11.9 Å². The number of hydrogen-bond donors (Lipinski definition) is 0. The molecule has 0 aliphatic rings. The second kappa shape index (κ2) is 4.58. The third kappa shape index (κ3) is 2.21. The summed E-state index contributed by atoms with van der Waals surface area (Å²) < 4.78 is 13.1. The van der Waals surface area contributed by atoms with Crippen LogP contribution in [0.4, 0.5) is 15.9 Å². The minimum Gasteiger partial charge on any atom is -0.327 e. The lowest BCUT2D eigenvalue weighted by Crippen LogP contribution is -2.13. The van der Waals surface area contributed by atoms with E-state index >= 15 is 0 Å². The number of hydrogen-bond acceptors (Lipinski definition) is 4. The lowest BCUT2D eigenvalue weighted by Gasteiger charge is -2.18. The Bertz CT molecular complexity index is 577. The van der Waals surface area contributed by atoms with Crippen LogP contribution in [-0.4, -0.2) is 17.0 Å². The largest absolute Gasteiger partial charge is 0.327 e. The highest BCUT2D eigenvalue weighted by molar-refractivity contribution is 5.62. The van der Waals surface area contributed by atoms with Gasteiger partial charge in [0.2, 0.25) is 0 Å². The summed E-state index contributed by atoms with van der Waals surface area (Å²) in [6.07, 6.45) is 2.94. The summed E-state index contributed by atoms with van der Waals surface area (Å²) in [6.45, 7) is 0. The minimum atomic E-state index is -0.336. The number of anilines is 2. The fraction of sp³-hybridized carbons (Fsp3) is 0.0833. The number of aromatic nitrogens is 2. The minimum absolute atomic E-state index is 0.208. The molecule has 1 heterocycles. The zero-order valence-corrected chi connectivity index (χ0v) is 9.13. The zero-order chi connectivity index (χ0) is 12.3. The van der Waals surface area contributed by atoms with Gasteiger partial charge in [0.15, 0.2) is 11.5 Å². The molecule has 84 valence electrons. The number of nitrogens with zero attached hydrogens (tertiary/aromatic N) is 4. The molecule has 0 aliphatic heterocycles. The van der Waals surface area contributed by atoms with Crippen molar-refractivity contribution in [1.82, 2.24) is 9.97 Å². The van der Waals surface area contributed by atoms with Crippen LogP contribution < -0.4 is 4.90 Å². The van der Waals surface area contributed by atoms with Crippen LogP contribution in [-0.2, 0) is 0 Å². The van der Waals surface area contributed by atoms with E-state index in [-0.39, 0.29) is 11.5 Å². The van der Waals surface area contributed by atoms with Gasteiger partial charge in [-0.25, -0.2) is 14.4 Å². The fourth-order valence-corrected chi connectivity index (χ4v) is 1.46. The normalized spacial score (nSPS) is 9.71. The van der Waals surface area contributed by atoms with E-state index < -0.39 is 0 Å². The number of benzene rings is 1. The molecule has 0 fully saturated rings. The van der Waals surface area contributed by atoms with Crippen LogP contribution >= 0.6 is 0 Å². The maximum Gasteiger partial charge on any atom is 0.183 e. The summed E-state index contributed by atoms with van der Waals surface area (Å²) in [5.41, 5.74) is 0.821. The van der Waals surface area contributed by atoms with Crippen molar-refractivity contribution in [2.45, 2.75) is 0 Å². The first kappa shape index (κ1) is 11.0. The molecule has 0 aliphatic carbocycles. The highest BCUT2D eigenvalue weighted by Crippen LogP contribution is 2.23. The molecular weight excluding hydrogens is 219 g/mol. The van der Waals surface area contributed by atoms with Crippen LogP contribution in [0.3, 0.4) is 0 Å². The Labute approximate surface area is 98.0 Å². The SMILES string of the molecule is CN(c1cccc(F)c1)c1nccnc1C#N. The van der Waals surface area contributed by atoms with Gasteiger partial charge < -0.3 is 4.90 Å². The molecule has 2 rings (SSSR count). The van der Waals surface area contributed by atoms with Crippen molar-refractivity contribution in [3.05, 3.63) is 48.2 Å². The van der Waals surface area contributed by atoms with Gasteiger partial charge in [0.05, 0.1) is 0 Å². The first-order chi connectivity index (χ1) is 8.22. The monoisotopic (exact) mass is 228 g/mol. The van der Waals surface area contributed by atoms with Crippen molar-refractivity contribution in [2.24, 2.45) is 0 Å². The Morgan fingerprint density at radius 3 is 2.76 bits per heavy atom. The Kier molecular flexibility index (Phi) is 2.97. The molecular formula is C12H9FN4. The van der Waals surface area contributed by atoms with E-state index in [1.807, 2.05) is 6.07 Å². The number of rotatable bonds is 2. The van der Waals surface area contributed by atoms with Gasteiger partial charge in [-0.05, 0) is 18.2 Å². The van der Waals surface area contributed by atoms with Gasteiger partial charge in [0.1, 0.15) is 11.9 Å². The molecule has 0 saturated heterocycles. The van der Waals surface area contributed by atoms with E-state index in [9.17, 15) is 4.39 Å². The van der Waals surface area contributed by atoms with Crippen LogP contribution in [0, 0.1) is 17.1 Å². The maximum atomic E-state index is 13.1. The molecule has 0 unspecified atom stereocenters. The smallest absolute Gasteiger partial charge is 0.183 e. The molecule has 1 aromatic heterocycles. The summed E-state index contributed by atoms with van der Waals surface area (Å²) in [5, 5.41) is 8.92. The predicted octanol–water partition coefficient (Wildman–Crippen LogP) is 2.26. The second-order valence-corrected chi connectivity index (χ2v) is 3.38. The van der Waals surface area contributed by atoms with Crippen LogP contribution in [0.5, 0.6) is 0 Å². The van der Waals surface area contributed by atoms with Gasteiger partial charge in [0, 0.05) is 25.1 Å². The Balaban J connectivity index is 2.44. The zero-order valence-electron chi connectivity index (χ0n) is 9.13. The van der Waals surface area contributed by atoms with E-state index in [0.717, 1.165) is 0 Å². The number of halogens is 1. The van der Waals surface area contributed by atoms with Crippen LogP contribution in [0.2, 0.25) is 0 Å². The molecule has 0 saturated carbocycles. The molecule has 5 heteroatoms. The van der Waals surface area contributed by atoms with E-state index in [1.54, 1.807) is 24.1 Å². The van der Waals surface area contributed by atoms with Gasteiger partial charge in [-0.1, -0.05) is 6.07 Å². The molecule has 2 aromatic rings. The average Bonchev–Trinajstić information content (AvgIpc) is 2.38. The van der Waals surface area contributed by atoms with Crippen LogP contribution in [0.1, 0.15) is 5.69 Å². The topological polar surface area (TPSA) is 52.8 Å². The van der Waals surface area contributed by atoms with Crippen LogP contribution in [0.15, 0.2) is 36.7 Å². The first-order valence-electron chi connectivity index (χ1n) is 4.93. The Morgan fingerprint density at radius 1 is 1.29 bits per heavy atom. The fourth-order valence-electron chi connectivity index (χ4n) is 1.46. The molecule has 0 atom stereocenters. The van der Waals surface area contributed by atoms with E-state index in [4.69, 9.17) is 5.26 Å². The molecule has 1 aromatic carbocycles. The summed E-state index contributed by atoms with van der Waals surface area (Å²) >= 11 is 0. The Morgan fingerprint density at radius 2 is 2.06 bits per heavy atom. The van der Waals surface area contributed by atoms with Gasteiger partial charge in [-0.2, -0.15) is 5.26 Å². The van der Waals surface area contributed by atoms with E-state index in [0.29, 0.717) is 11.5 Å². The molecule has 0 bridgehead atoms. The van der Waals surface area contributed by atoms with Gasteiger partial charge in [0.25, 0.3) is 0 Å². The van der Waals surface area contributed by atoms with Crippen molar-refractivity contribution >= 4 is 11.5 Å². The van der Waals surface area contributed by atoms with Crippen molar-refractivity contribution in [3.63, 3.8) is 0 Å². The second-order valence-electron chi connectivity index (χ2n) is 3.38. The van der Waals surface area contributed by atoms with E-state index in [1.165, 1.54) is 24.5 Å². The quantitative estimate of drug-likeness (QED) is 0.791. The van der Waals surface area contributed by atoms with Crippen molar-refractivity contribution in [3.8, 4) is 6.07 Å². The third-order valence-corrected chi connectivity index (χ3v) is 2.30.